The maximum Gasteiger partial charge on any atom is 0.348 e. The molecule has 3 rings (SSSR count). The van der Waals surface area contributed by atoms with Crippen LogP contribution in [0.15, 0.2) is 48.6 Å². The van der Waals surface area contributed by atoms with Crippen molar-refractivity contribution in [1.29, 1.82) is 0 Å². The summed E-state index contributed by atoms with van der Waals surface area (Å²) in [5.41, 5.74) is 1.47. The largest absolute Gasteiger partial charge is 0.477 e. The van der Waals surface area contributed by atoms with Crippen molar-refractivity contribution >= 4 is 28.9 Å². The lowest BCUT2D eigenvalue weighted by Gasteiger charge is -2.31. The molecular weight excluding hydrogens is 346 g/mol. The van der Waals surface area contributed by atoms with E-state index < -0.39 is 5.97 Å². The Morgan fingerprint density at radius 1 is 1.19 bits per heavy atom. The highest BCUT2D eigenvalue weighted by atomic mass is 32.1. The minimum absolute atomic E-state index is 0.0178. The van der Waals surface area contributed by atoms with Gasteiger partial charge in [-0.1, -0.05) is 42.5 Å². The molecule has 0 saturated carbocycles. The van der Waals surface area contributed by atoms with E-state index in [9.17, 15) is 14.7 Å². The molecule has 0 saturated heterocycles. The number of hydrogen-bond donors (Lipinski definition) is 1. The molecule has 1 atom stereocenters. The fraction of sp³-hybridized carbons (Fsp3) is 0.333. The van der Waals surface area contributed by atoms with Crippen LogP contribution in [0.1, 0.15) is 42.8 Å². The average molecular weight is 369 g/mol. The Morgan fingerprint density at radius 2 is 1.92 bits per heavy atom. The van der Waals surface area contributed by atoms with Crippen LogP contribution in [-0.4, -0.2) is 23.0 Å². The maximum atomic E-state index is 13.2. The molecule has 0 fully saturated rings. The summed E-state index contributed by atoms with van der Waals surface area (Å²) >= 11 is 1.22. The van der Waals surface area contributed by atoms with Crippen molar-refractivity contribution in [1.82, 2.24) is 0 Å². The van der Waals surface area contributed by atoms with E-state index in [0.717, 1.165) is 29.7 Å². The molecule has 1 amide bonds. The van der Waals surface area contributed by atoms with Crippen molar-refractivity contribution in [3.8, 4) is 10.4 Å². The molecule has 0 radical (unpaired) electrons. The van der Waals surface area contributed by atoms with Crippen molar-refractivity contribution in [3.05, 3.63) is 53.4 Å². The highest BCUT2D eigenvalue weighted by molar-refractivity contribution is 7.18. The van der Waals surface area contributed by atoms with Crippen LogP contribution < -0.4 is 4.90 Å². The molecule has 1 aliphatic rings. The van der Waals surface area contributed by atoms with Crippen LogP contribution in [0, 0.1) is 5.92 Å². The van der Waals surface area contributed by atoms with Gasteiger partial charge >= 0.3 is 5.97 Å². The Morgan fingerprint density at radius 3 is 2.50 bits per heavy atom. The number of aromatic carboxylic acids is 1. The van der Waals surface area contributed by atoms with Gasteiger partial charge in [0.1, 0.15) is 4.88 Å². The third kappa shape index (κ3) is 3.73. The van der Waals surface area contributed by atoms with Gasteiger partial charge in [0.25, 0.3) is 0 Å². The highest BCUT2D eigenvalue weighted by Crippen LogP contribution is 2.39. The zero-order valence-corrected chi connectivity index (χ0v) is 15.8. The third-order valence-electron chi connectivity index (χ3n) is 4.60. The summed E-state index contributed by atoms with van der Waals surface area (Å²) in [5.74, 6) is -1.05. The first-order valence-corrected chi connectivity index (χ1v) is 9.71. The lowest BCUT2D eigenvalue weighted by Crippen LogP contribution is -2.41. The molecule has 0 aliphatic heterocycles. The number of nitrogens with zero attached hydrogens (tertiary/aromatic N) is 1. The number of rotatable bonds is 5. The Kier molecular flexibility index (Phi) is 5.57. The van der Waals surface area contributed by atoms with E-state index in [1.807, 2.05) is 56.3 Å². The van der Waals surface area contributed by atoms with Gasteiger partial charge in [-0.05, 0) is 44.7 Å². The molecule has 1 unspecified atom stereocenters. The number of carboxylic acid groups (broad SMARTS) is 1. The van der Waals surface area contributed by atoms with Crippen LogP contribution in [0.2, 0.25) is 0 Å². The van der Waals surface area contributed by atoms with E-state index in [0.29, 0.717) is 5.69 Å². The average Bonchev–Trinajstić information content (AvgIpc) is 3.08. The van der Waals surface area contributed by atoms with Crippen molar-refractivity contribution in [2.24, 2.45) is 5.92 Å². The first-order chi connectivity index (χ1) is 12.5. The maximum absolute atomic E-state index is 13.2. The normalized spacial score (nSPS) is 16.7. The van der Waals surface area contributed by atoms with Crippen LogP contribution in [0.5, 0.6) is 0 Å². The topological polar surface area (TPSA) is 57.6 Å². The number of benzene rings is 1. The van der Waals surface area contributed by atoms with Gasteiger partial charge in [0.15, 0.2) is 0 Å². The fourth-order valence-electron chi connectivity index (χ4n) is 3.32. The molecule has 1 aliphatic carbocycles. The molecule has 1 N–H and O–H groups in total. The van der Waals surface area contributed by atoms with E-state index in [1.54, 1.807) is 4.90 Å². The number of thiophene rings is 1. The summed E-state index contributed by atoms with van der Waals surface area (Å²) < 4.78 is 0. The van der Waals surface area contributed by atoms with E-state index >= 15 is 0 Å². The van der Waals surface area contributed by atoms with Gasteiger partial charge in [-0.25, -0.2) is 4.79 Å². The predicted molar refractivity (Wildman–Crippen MR) is 106 cm³/mol. The second-order valence-corrected chi connectivity index (χ2v) is 7.83. The van der Waals surface area contributed by atoms with Gasteiger partial charge in [0.2, 0.25) is 5.91 Å². The minimum atomic E-state index is -0.992. The van der Waals surface area contributed by atoms with Crippen molar-refractivity contribution in [3.63, 3.8) is 0 Å². The molecule has 0 spiro atoms. The summed E-state index contributed by atoms with van der Waals surface area (Å²) in [7, 11) is 0. The molecule has 26 heavy (non-hydrogen) atoms. The second kappa shape index (κ2) is 7.87. The Hall–Kier alpha value is -2.40. The third-order valence-corrected chi connectivity index (χ3v) is 5.76. The lowest BCUT2D eigenvalue weighted by molar-refractivity contribution is -0.123. The predicted octanol–water partition coefficient (Wildman–Crippen LogP) is 5.21. The summed E-state index contributed by atoms with van der Waals surface area (Å²) in [4.78, 5) is 27.8. The Labute approximate surface area is 157 Å². The standard InChI is InChI=1S/C21H23NO3S/c1-14(2)22(20(23)16-11-7-4-8-12-16)17-13-18(26-19(17)21(24)25)15-9-5-3-6-10-15/h3-7,9-10,13-14,16H,8,11-12H2,1-2H3,(H,24,25). The van der Waals surface area contributed by atoms with Crippen molar-refractivity contribution in [2.75, 3.05) is 4.90 Å². The number of hydrogen-bond acceptors (Lipinski definition) is 3. The molecule has 4 nitrogen and oxygen atoms in total. The zero-order valence-electron chi connectivity index (χ0n) is 15.0. The van der Waals surface area contributed by atoms with Crippen molar-refractivity contribution < 1.29 is 14.7 Å². The first kappa shape index (κ1) is 18.4. The SMILES string of the molecule is CC(C)N(C(=O)C1CC=CCC1)c1cc(-c2ccccc2)sc1C(=O)O. The summed E-state index contributed by atoms with van der Waals surface area (Å²) in [6.07, 6.45) is 6.58. The van der Waals surface area contributed by atoms with E-state index in [2.05, 4.69) is 6.08 Å². The highest BCUT2D eigenvalue weighted by Gasteiger charge is 2.31. The van der Waals surface area contributed by atoms with Gasteiger partial charge < -0.3 is 10.0 Å². The molecule has 1 aromatic heterocycles. The van der Waals surface area contributed by atoms with Crippen LogP contribution in [0.3, 0.4) is 0 Å². The fourth-order valence-corrected chi connectivity index (χ4v) is 4.32. The lowest BCUT2D eigenvalue weighted by atomic mass is 9.92. The van der Waals surface area contributed by atoms with Gasteiger partial charge in [-0.15, -0.1) is 11.3 Å². The number of carbonyl (C=O) groups excluding carboxylic acids is 1. The first-order valence-electron chi connectivity index (χ1n) is 8.89. The summed E-state index contributed by atoms with van der Waals surface area (Å²) in [5, 5.41) is 9.71. The van der Waals surface area contributed by atoms with Gasteiger partial charge in [0, 0.05) is 16.8 Å². The Balaban J connectivity index is 2.03. The summed E-state index contributed by atoms with van der Waals surface area (Å²) in [6.45, 7) is 3.87. The molecule has 0 bridgehead atoms. The molecule has 1 heterocycles. The molecule has 1 aromatic carbocycles. The van der Waals surface area contributed by atoms with Gasteiger partial charge in [0.05, 0.1) is 5.69 Å². The minimum Gasteiger partial charge on any atom is -0.477 e. The van der Waals surface area contributed by atoms with Gasteiger partial charge in [-0.2, -0.15) is 0 Å². The van der Waals surface area contributed by atoms with E-state index in [1.165, 1.54) is 11.3 Å². The number of amides is 1. The molecular formula is C21H23NO3S. The van der Waals surface area contributed by atoms with Gasteiger partial charge in [-0.3, -0.25) is 4.79 Å². The summed E-state index contributed by atoms with van der Waals surface area (Å²) in [6, 6.07) is 11.4. The quantitative estimate of drug-likeness (QED) is 0.736. The smallest absolute Gasteiger partial charge is 0.348 e. The number of carbonyl (C=O) groups is 2. The van der Waals surface area contributed by atoms with Crippen LogP contribution in [0.4, 0.5) is 5.69 Å². The van der Waals surface area contributed by atoms with Crippen LogP contribution in [-0.2, 0) is 4.79 Å². The molecule has 5 heteroatoms. The number of allylic oxidation sites excluding steroid dienone is 2. The molecule has 2 aromatic rings. The van der Waals surface area contributed by atoms with Crippen LogP contribution >= 0.6 is 11.3 Å². The monoisotopic (exact) mass is 369 g/mol. The van der Waals surface area contributed by atoms with Crippen LogP contribution in [0.25, 0.3) is 10.4 Å². The van der Waals surface area contributed by atoms with E-state index in [4.69, 9.17) is 0 Å². The number of carboxylic acids is 1. The van der Waals surface area contributed by atoms with E-state index in [-0.39, 0.29) is 22.7 Å². The number of anilines is 1. The zero-order chi connectivity index (χ0) is 18.7. The van der Waals surface area contributed by atoms with Crippen molar-refractivity contribution in [2.45, 2.75) is 39.2 Å². The molecule has 136 valence electrons. The Bertz CT molecular complexity index is 823. The second-order valence-electron chi connectivity index (χ2n) is 6.78.